The van der Waals surface area contributed by atoms with Gasteiger partial charge in [-0.05, 0) is 18.6 Å². The van der Waals surface area contributed by atoms with Gasteiger partial charge in [-0.25, -0.2) is 13.8 Å². The number of nitrogens with zero attached hydrogens (tertiary/aromatic N) is 2. The number of alkyl halides is 2. The number of hydrogen-bond donors (Lipinski definition) is 0. The zero-order valence-corrected chi connectivity index (χ0v) is 8.27. The van der Waals surface area contributed by atoms with E-state index in [1.54, 1.807) is 6.07 Å². The van der Waals surface area contributed by atoms with Crippen LogP contribution in [0.2, 0.25) is 0 Å². The number of rotatable bonds is 1. The standard InChI is InChI=1S/C8H5BrF2N2/c1-4-6(9)2-5(3-12)13-7(4)8(10)11/h2,8H,1H3. The van der Waals surface area contributed by atoms with Gasteiger partial charge >= 0.3 is 0 Å². The number of aromatic nitrogens is 1. The predicted molar refractivity (Wildman–Crippen MR) is 46.3 cm³/mol. The van der Waals surface area contributed by atoms with Gasteiger partial charge in [-0.2, -0.15) is 5.26 Å². The smallest absolute Gasteiger partial charge is 0.236 e. The first-order valence-electron chi connectivity index (χ1n) is 3.41. The van der Waals surface area contributed by atoms with Gasteiger partial charge < -0.3 is 0 Å². The summed E-state index contributed by atoms with van der Waals surface area (Å²) in [5.41, 5.74) is 0.0210. The van der Waals surface area contributed by atoms with Gasteiger partial charge in [0.15, 0.2) is 0 Å². The van der Waals surface area contributed by atoms with E-state index in [9.17, 15) is 8.78 Å². The summed E-state index contributed by atoms with van der Waals surface area (Å²) in [6.45, 7) is 1.53. The predicted octanol–water partition coefficient (Wildman–Crippen LogP) is 2.96. The SMILES string of the molecule is Cc1c(Br)cc(C#N)nc1C(F)F. The average molecular weight is 247 g/mol. The summed E-state index contributed by atoms with van der Waals surface area (Å²) in [4.78, 5) is 3.51. The zero-order chi connectivity index (χ0) is 10.0. The zero-order valence-electron chi connectivity index (χ0n) is 6.68. The number of hydrogen-bond acceptors (Lipinski definition) is 2. The molecule has 0 spiro atoms. The van der Waals surface area contributed by atoms with Crippen molar-refractivity contribution in [3.63, 3.8) is 0 Å². The molecule has 0 bridgehead atoms. The Morgan fingerprint density at radius 2 is 2.23 bits per heavy atom. The van der Waals surface area contributed by atoms with E-state index < -0.39 is 6.43 Å². The summed E-state index contributed by atoms with van der Waals surface area (Å²) in [6.07, 6.45) is -2.65. The van der Waals surface area contributed by atoms with Gasteiger partial charge in [0.2, 0.25) is 0 Å². The molecule has 0 unspecified atom stereocenters. The van der Waals surface area contributed by atoms with Crippen LogP contribution in [0.1, 0.15) is 23.4 Å². The van der Waals surface area contributed by atoms with E-state index in [2.05, 4.69) is 20.9 Å². The fourth-order valence-electron chi connectivity index (χ4n) is 0.866. The molecule has 0 aliphatic heterocycles. The van der Waals surface area contributed by atoms with Crippen LogP contribution in [-0.2, 0) is 0 Å². The van der Waals surface area contributed by atoms with Gasteiger partial charge in [0.25, 0.3) is 6.43 Å². The van der Waals surface area contributed by atoms with Crippen molar-refractivity contribution in [1.29, 1.82) is 5.26 Å². The lowest BCUT2D eigenvalue weighted by Gasteiger charge is -2.05. The van der Waals surface area contributed by atoms with Gasteiger partial charge in [-0.15, -0.1) is 0 Å². The molecule has 68 valence electrons. The second-order valence-corrected chi connectivity index (χ2v) is 3.27. The highest BCUT2D eigenvalue weighted by Gasteiger charge is 2.15. The number of halogens is 3. The van der Waals surface area contributed by atoms with Crippen LogP contribution in [0.15, 0.2) is 10.5 Å². The third kappa shape index (κ3) is 2.01. The van der Waals surface area contributed by atoms with Crippen LogP contribution in [0.5, 0.6) is 0 Å². The first-order valence-corrected chi connectivity index (χ1v) is 4.21. The maximum Gasteiger partial charge on any atom is 0.280 e. The quantitative estimate of drug-likeness (QED) is 0.764. The van der Waals surface area contributed by atoms with Gasteiger partial charge in [-0.3, -0.25) is 0 Å². The van der Waals surface area contributed by atoms with Crippen LogP contribution in [0, 0.1) is 18.3 Å². The Balaban J connectivity index is 3.35. The van der Waals surface area contributed by atoms with Crippen LogP contribution in [-0.4, -0.2) is 4.98 Å². The fourth-order valence-corrected chi connectivity index (χ4v) is 1.29. The van der Waals surface area contributed by atoms with Crippen LogP contribution in [0.25, 0.3) is 0 Å². The van der Waals surface area contributed by atoms with Crippen molar-refractivity contribution in [2.75, 3.05) is 0 Å². The number of nitriles is 1. The maximum absolute atomic E-state index is 12.3. The lowest BCUT2D eigenvalue weighted by Crippen LogP contribution is -1.98. The van der Waals surface area contributed by atoms with E-state index in [0.29, 0.717) is 10.0 Å². The minimum absolute atomic E-state index is 0.00669. The Hall–Kier alpha value is -1.02. The van der Waals surface area contributed by atoms with E-state index >= 15 is 0 Å². The van der Waals surface area contributed by atoms with E-state index in [4.69, 9.17) is 5.26 Å². The molecule has 0 N–H and O–H groups in total. The lowest BCUT2D eigenvalue weighted by molar-refractivity contribution is 0.145. The first-order chi connectivity index (χ1) is 6.06. The van der Waals surface area contributed by atoms with E-state index in [1.165, 1.54) is 13.0 Å². The van der Waals surface area contributed by atoms with E-state index in [-0.39, 0.29) is 11.4 Å². The van der Waals surface area contributed by atoms with Crippen molar-refractivity contribution in [2.45, 2.75) is 13.3 Å². The molecule has 1 aromatic rings. The van der Waals surface area contributed by atoms with Crippen molar-refractivity contribution in [1.82, 2.24) is 4.98 Å². The van der Waals surface area contributed by atoms with E-state index in [1.807, 2.05) is 0 Å². The molecule has 1 rings (SSSR count). The molecular weight excluding hydrogens is 242 g/mol. The lowest BCUT2D eigenvalue weighted by atomic mass is 10.2. The molecule has 1 aromatic heterocycles. The van der Waals surface area contributed by atoms with Crippen LogP contribution in [0.4, 0.5) is 8.78 Å². The van der Waals surface area contributed by atoms with Gasteiger partial charge in [0, 0.05) is 4.47 Å². The Labute approximate surface area is 82.3 Å². The van der Waals surface area contributed by atoms with Crippen LogP contribution < -0.4 is 0 Å². The third-order valence-corrected chi connectivity index (χ3v) is 2.39. The molecule has 13 heavy (non-hydrogen) atoms. The Kier molecular flexibility index (Phi) is 2.94. The summed E-state index contributed by atoms with van der Waals surface area (Å²) in [5.74, 6) is 0. The summed E-state index contributed by atoms with van der Waals surface area (Å²) in [5, 5.41) is 8.48. The minimum Gasteiger partial charge on any atom is -0.236 e. The van der Waals surface area contributed by atoms with Crippen molar-refractivity contribution < 1.29 is 8.78 Å². The van der Waals surface area contributed by atoms with Crippen molar-refractivity contribution in [2.24, 2.45) is 0 Å². The highest BCUT2D eigenvalue weighted by molar-refractivity contribution is 9.10. The van der Waals surface area contributed by atoms with Gasteiger partial charge in [0.1, 0.15) is 17.5 Å². The summed E-state index contributed by atoms with van der Waals surface area (Å²) in [6, 6.07) is 3.13. The molecule has 0 amide bonds. The third-order valence-electron chi connectivity index (χ3n) is 1.57. The minimum atomic E-state index is -2.65. The molecular formula is C8H5BrF2N2. The molecule has 0 aromatic carbocycles. The summed E-state index contributed by atoms with van der Waals surface area (Å²) in [7, 11) is 0. The Bertz CT molecular complexity index is 371. The molecule has 1 heterocycles. The Morgan fingerprint density at radius 1 is 1.62 bits per heavy atom. The van der Waals surface area contributed by atoms with Crippen LogP contribution in [0.3, 0.4) is 0 Å². The molecule has 0 saturated carbocycles. The fraction of sp³-hybridized carbons (Fsp3) is 0.250. The molecule has 5 heteroatoms. The Morgan fingerprint density at radius 3 is 2.69 bits per heavy atom. The van der Waals surface area contributed by atoms with Gasteiger partial charge in [0.05, 0.1) is 0 Å². The van der Waals surface area contributed by atoms with Crippen molar-refractivity contribution in [3.05, 3.63) is 27.5 Å². The van der Waals surface area contributed by atoms with Crippen molar-refractivity contribution >= 4 is 15.9 Å². The van der Waals surface area contributed by atoms with Crippen LogP contribution >= 0.6 is 15.9 Å². The second-order valence-electron chi connectivity index (χ2n) is 2.41. The molecule has 0 saturated heterocycles. The largest absolute Gasteiger partial charge is 0.280 e. The highest BCUT2D eigenvalue weighted by atomic mass is 79.9. The molecule has 0 radical (unpaired) electrons. The molecule has 0 atom stereocenters. The normalized spacial score (nSPS) is 10.2. The topological polar surface area (TPSA) is 36.7 Å². The maximum atomic E-state index is 12.3. The summed E-state index contributed by atoms with van der Waals surface area (Å²) < 4.78 is 25.1. The number of pyridine rings is 1. The molecule has 0 aliphatic carbocycles. The second kappa shape index (κ2) is 3.79. The molecule has 2 nitrogen and oxygen atoms in total. The summed E-state index contributed by atoms with van der Waals surface area (Å²) >= 11 is 3.08. The molecule has 0 fully saturated rings. The van der Waals surface area contributed by atoms with Gasteiger partial charge in [-0.1, -0.05) is 15.9 Å². The molecule has 0 aliphatic rings. The highest BCUT2D eigenvalue weighted by Crippen LogP contribution is 2.26. The monoisotopic (exact) mass is 246 g/mol. The van der Waals surface area contributed by atoms with E-state index in [0.717, 1.165) is 0 Å². The first kappa shape index (κ1) is 10.1. The average Bonchev–Trinajstić information content (AvgIpc) is 2.09. The van der Waals surface area contributed by atoms with Crippen molar-refractivity contribution in [3.8, 4) is 6.07 Å².